The lowest BCUT2D eigenvalue weighted by atomic mass is 9.79. The lowest BCUT2D eigenvalue weighted by molar-refractivity contribution is -0.143. The van der Waals surface area contributed by atoms with Crippen molar-refractivity contribution in [3.8, 4) is 0 Å². The lowest BCUT2D eigenvalue weighted by Crippen LogP contribution is -2.56. The summed E-state index contributed by atoms with van der Waals surface area (Å²) >= 11 is 0. The van der Waals surface area contributed by atoms with Crippen molar-refractivity contribution in [1.82, 2.24) is 9.21 Å². The molecule has 7 nitrogen and oxygen atoms in total. The number of hydrogen-bond donors (Lipinski definition) is 2. The van der Waals surface area contributed by atoms with Crippen LogP contribution in [0.15, 0.2) is 0 Å². The molecule has 0 radical (unpaired) electrons. The number of piperazine rings is 1. The second kappa shape index (κ2) is 6.60. The van der Waals surface area contributed by atoms with E-state index in [1.807, 2.05) is 0 Å². The zero-order valence-electron chi connectivity index (χ0n) is 12.5. The third-order valence-corrected chi connectivity index (χ3v) is 5.88. The molecule has 2 rings (SSSR count). The average Bonchev–Trinajstić information content (AvgIpc) is 2.72. The van der Waals surface area contributed by atoms with Crippen molar-refractivity contribution in [2.75, 3.05) is 32.7 Å². The highest BCUT2D eigenvalue weighted by molar-refractivity contribution is 7.86. The molecule has 1 aliphatic heterocycles. The fourth-order valence-corrected chi connectivity index (χ4v) is 4.06. The van der Waals surface area contributed by atoms with Gasteiger partial charge in [0.25, 0.3) is 10.2 Å². The first kappa shape index (κ1) is 16.7. The second-order valence-corrected chi connectivity index (χ2v) is 7.68. The zero-order chi connectivity index (χ0) is 15.5. The van der Waals surface area contributed by atoms with Gasteiger partial charge in [0.15, 0.2) is 0 Å². The van der Waals surface area contributed by atoms with Gasteiger partial charge in [-0.3, -0.25) is 4.79 Å². The van der Waals surface area contributed by atoms with Crippen molar-refractivity contribution in [3.63, 3.8) is 0 Å². The van der Waals surface area contributed by atoms with E-state index in [0.717, 1.165) is 38.5 Å². The van der Waals surface area contributed by atoms with Gasteiger partial charge in [0.2, 0.25) is 5.91 Å². The predicted molar refractivity (Wildman–Crippen MR) is 80.4 cm³/mol. The molecule has 1 amide bonds. The van der Waals surface area contributed by atoms with Crippen molar-refractivity contribution in [2.24, 2.45) is 16.3 Å². The van der Waals surface area contributed by atoms with Crippen molar-refractivity contribution in [1.29, 1.82) is 0 Å². The second-order valence-electron chi connectivity index (χ2n) is 6.13. The van der Waals surface area contributed by atoms with Crippen LogP contribution >= 0.6 is 0 Å². The van der Waals surface area contributed by atoms with Crippen LogP contribution < -0.4 is 10.9 Å². The first-order chi connectivity index (χ1) is 9.89. The molecule has 2 fully saturated rings. The monoisotopic (exact) mass is 318 g/mol. The lowest BCUT2D eigenvalue weighted by Gasteiger charge is -2.39. The van der Waals surface area contributed by atoms with Gasteiger partial charge in [0, 0.05) is 32.7 Å². The maximum atomic E-state index is 12.9. The summed E-state index contributed by atoms with van der Waals surface area (Å²) in [5, 5.41) is 5.12. The number of rotatable bonds is 3. The van der Waals surface area contributed by atoms with E-state index in [9.17, 15) is 13.2 Å². The van der Waals surface area contributed by atoms with E-state index < -0.39 is 15.6 Å². The smallest absolute Gasteiger partial charge is 0.277 e. The number of amides is 1. The number of carbonyl (C=O) groups is 1. The van der Waals surface area contributed by atoms with Crippen LogP contribution in [-0.4, -0.2) is 56.3 Å². The minimum absolute atomic E-state index is 0.0981. The molecule has 8 heteroatoms. The van der Waals surface area contributed by atoms with E-state index in [1.165, 1.54) is 4.31 Å². The van der Waals surface area contributed by atoms with Crippen molar-refractivity contribution in [2.45, 2.75) is 38.5 Å². The van der Waals surface area contributed by atoms with Crippen LogP contribution in [-0.2, 0) is 15.0 Å². The summed E-state index contributed by atoms with van der Waals surface area (Å²) in [6.45, 7) is 1.71. The minimum atomic E-state index is -3.66. The molecule has 0 atom stereocenters. The van der Waals surface area contributed by atoms with Crippen LogP contribution in [0.3, 0.4) is 0 Å². The summed E-state index contributed by atoms with van der Waals surface area (Å²) in [7, 11) is -3.66. The quantitative estimate of drug-likeness (QED) is 0.692. The van der Waals surface area contributed by atoms with Crippen molar-refractivity contribution in [3.05, 3.63) is 0 Å². The van der Waals surface area contributed by atoms with Gasteiger partial charge in [-0.05, 0) is 12.8 Å². The number of nitrogens with zero attached hydrogens (tertiary/aromatic N) is 2. The van der Waals surface area contributed by atoms with Gasteiger partial charge in [-0.25, -0.2) is 5.14 Å². The van der Waals surface area contributed by atoms with E-state index in [4.69, 9.17) is 10.9 Å². The third kappa shape index (κ3) is 3.74. The average molecular weight is 318 g/mol. The molecule has 21 heavy (non-hydrogen) atoms. The van der Waals surface area contributed by atoms with Crippen LogP contribution in [0.5, 0.6) is 0 Å². The molecule has 0 aromatic carbocycles. The van der Waals surface area contributed by atoms with E-state index in [0.29, 0.717) is 19.6 Å². The molecule has 0 aromatic rings. The fourth-order valence-electron chi connectivity index (χ4n) is 3.39. The minimum Gasteiger partial charge on any atom is -0.340 e. The molecule has 122 valence electrons. The largest absolute Gasteiger partial charge is 0.340 e. The number of hydrogen-bond acceptors (Lipinski definition) is 4. The highest BCUT2D eigenvalue weighted by atomic mass is 32.2. The summed E-state index contributed by atoms with van der Waals surface area (Å²) in [4.78, 5) is 14.6. The maximum absolute atomic E-state index is 12.9. The Balaban J connectivity index is 2.03. The molecule has 4 N–H and O–H groups in total. The van der Waals surface area contributed by atoms with Crippen molar-refractivity contribution >= 4 is 16.1 Å². The molecule has 0 bridgehead atoms. The molecule has 1 heterocycles. The van der Waals surface area contributed by atoms with Gasteiger partial charge >= 0.3 is 0 Å². The molecule has 2 aliphatic rings. The number of nitrogens with two attached hydrogens (primary N) is 2. The normalized spacial score (nSPS) is 24.6. The molecule has 1 aliphatic carbocycles. The van der Waals surface area contributed by atoms with E-state index in [1.54, 1.807) is 4.90 Å². The Kier molecular flexibility index (Phi) is 5.24. The summed E-state index contributed by atoms with van der Waals surface area (Å²) in [6, 6.07) is 0. The van der Waals surface area contributed by atoms with Crippen LogP contribution in [0.4, 0.5) is 0 Å². The molecular formula is C13H26N4O3S. The standard InChI is InChI=1S/C13H26N4O3S/c14-11-13(5-3-1-2-4-6-13)12(18)16-7-9-17(10-8-16)21(15,19)20/h1-11,14H2,(H2,15,19,20). The third-order valence-electron chi connectivity index (χ3n) is 4.79. The van der Waals surface area contributed by atoms with E-state index in [-0.39, 0.29) is 19.0 Å². The Bertz CT molecular complexity index is 464. The topological polar surface area (TPSA) is 110 Å². The Labute approximate surface area is 126 Å². The summed E-state index contributed by atoms with van der Waals surface area (Å²) < 4.78 is 23.8. The SMILES string of the molecule is NCC1(C(=O)N2CCN(S(N)(=O)=O)CC2)CCCCCC1. The fraction of sp³-hybridized carbons (Fsp3) is 0.923. The first-order valence-electron chi connectivity index (χ1n) is 7.66. The molecule has 0 unspecified atom stereocenters. The zero-order valence-corrected chi connectivity index (χ0v) is 13.3. The molecular weight excluding hydrogens is 292 g/mol. The molecule has 1 saturated carbocycles. The summed E-state index contributed by atoms with van der Waals surface area (Å²) in [5.41, 5.74) is 5.49. The van der Waals surface area contributed by atoms with Crippen LogP contribution in [0.25, 0.3) is 0 Å². The predicted octanol–water partition coefficient (Wildman–Crippen LogP) is -0.367. The highest BCUT2D eigenvalue weighted by Crippen LogP contribution is 2.36. The van der Waals surface area contributed by atoms with E-state index in [2.05, 4.69) is 0 Å². The van der Waals surface area contributed by atoms with Gasteiger partial charge < -0.3 is 10.6 Å². The molecule has 0 spiro atoms. The van der Waals surface area contributed by atoms with Crippen LogP contribution in [0, 0.1) is 5.41 Å². The van der Waals surface area contributed by atoms with Gasteiger partial charge in [0.1, 0.15) is 0 Å². The Morgan fingerprint density at radius 1 is 1.00 bits per heavy atom. The number of carbonyl (C=O) groups excluding carboxylic acids is 1. The van der Waals surface area contributed by atoms with Crippen LogP contribution in [0.1, 0.15) is 38.5 Å². The van der Waals surface area contributed by atoms with Crippen molar-refractivity contribution < 1.29 is 13.2 Å². The highest BCUT2D eigenvalue weighted by Gasteiger charge is 2.41. The van der Waals surface area contributed by atoms with E-state index >= 15 is 0 Å². The van der Waals surface area contributed by atoms with Gasteiger partial charge in [-0.2, -0.15) is 12.7 Å². The van der Waals surface area contributed by atoms with Gasteiger partial charge in [0.05, 0.1) is 5.41 Å². The Hall–Kier alpha value is -0.700. The molecule has 0 aromatic heterocycles. The van der Waals surface area contributed by atoms with Gasteiger partial charge in [-0.15, -0.1) is 0 Å². The first-order valence-corrected chi connectivity index (χ1v) is 9.17. The summed E-state index contributed by atoms with van der Waals surface area (Å²) in [5.74, 6) is 0.0981. The Morgan fingerprint density at radius 3 is 1.95 bits per heavy atom. The van der Waals surface area contributed by atoms with Gasteiger partial charge in [-0.1, -0.05) is 25.7 Å². The maximum Gasteiger partial charge on any atom is 0.277 e. The molecule has 1 saturated heterocycles. The van der Waals surface area contributed by atoms with Crippen LogP contribution in [0.2, 0.25) is 0 Å². The summed E-state index contributed by atoms with van der Waals surface area (Å²) in [6.07, 6.45) is 6.10. The Morgan fingerprint density at radius 2 is 1.52 bits per heavy atom.